The highest BCUT2D eigenvalue weighted by Crippen LogP contribution is 2.29. The predicted octanol–water partition coefficient (Wildman–Crippen LogP) is 4.72. The zero-order valence-corrected chi connectivity index (χ0v) is 27.2. The van der Waals surface area contributed by atoms with Crippen molar-refractivity contribution in [3.63, 3.8) is 0 Å². The van der Waals surface area contributed by atoms with Gasteiger partial charge in [0.25, 0.3) is 0 Å². The number of hydrogen-bond donors (Lipinski definition) is 5. The number of hydrogen-bond acceptors (Lipinski definition) is 9. The van der Waals surface area contributed by atoms with Crippen LogP contribution in [-0.4, -0.2) is 84.6 Å². The molecule has 1 aliphatic rings. The molecule has 1 aromatic rings. The number of aromatic nitrogens is 3. The molecule has 0 aliphatic carbocycles. The molecule has 0 aromatic carbocycles. The van der Waals surface area contributed by atoms with E-state index in [9.17, 15) is 24.9 Å². The first kappa shape index (κ1) is 37.5. The van der Waals surface area contributed by atoms with Crippen LogP contribution in [0.5, 0.6) is 0 Å². The van der Waals surface area contributed by atoms with Crippen molar-refractivity contribution < 1.29 is 29.6 Å². The Labute approximate surface area is 262 Å². The second-order valence-corrected chi connectivity index (χ2v) is 12.8. The van der Waals surface area contributed by atoms with Crippen LogP contribution in [0.1, 0.15) is 129 Å². The third-order valence-electron chi connectivity index (χ3n) is 7.83. The van der Waals surface area contributed by atoms with Crippen molar-refractivity contribution >= 4 is 29.4 Å². The van der Waals surface area contributed by atoms with E-state index in [1.165, 1.54) is 87.9 Å². The topological polar surface area (TPSA) is 159 Å². The Morgan fingerprint density at radius 1 is 0.907 bits per heavy atom. The first-order chi connectivity index (χ1) is 20.9. The van der Waals surface area contributed by atoms with E-state index < -0.39 is 43.1 Å². The number of nitrogens with zero attached hydrogens (tertiary/aromatic N) is 3. The van der Waals surface area contributed by atoms with Crippen LogP contribution in [0.25, 0.3) is 0 Å². The van der Waals surface area contributed by atoms with E-state index in [0.717, 1.165) is 31.4 Å². The molecule has 0 spiro atoms. The number of carbonyl (C=O) groups excluding carboxylic acids is 2. The normalized spacial score (nSPS) is 20.8. The van der Waals surface area contributed by atoms with Gasteiger partial charge >= 0.3 is 0 Å². The van der Waals surface area contributed by atoms with E-state index in [2.05, 4.69) is 34.8 Å². The summed E-state index contributed by atoms with van der Waals surface area (Å²) in [6, 6.07) is -0.723. The molecule has 1 aromatic heterocycles. The Morgan fingerprint density at radius 3 is 2.02 bits per heavy atom. The third-order valence-corrected chi connectivity index (χ3v) is 9.10. The third kappa shape index (κ3) is 14.7. The number of aliphatic hydroxyl groups excluding tert-OH is 3. The first-order valence-electron chi connectivity index (χ1n) is 16.6. The van der Waals surface area contributed by atoms with E-state index in [4.69, 9.17) is 4.74 Å². The van der Waals surface area contributed by atoms with Crippen LogP contribution in [0.4, 0.5) is 5.82 Å². The second kappa shape index (κ2) is 22.7. The standard InChI is InChI=1S/C31H57N5O6S/c1-3-5-6-7-8-9-10-11-12-13-14-15-16-17-18-19-27(38)32-24(23-43-20-4-2)30(41)33-26-21-36(35-34-26)31-29(40)28(39)25(22-37)42-31/h21,24-25,28-29,31,37,39-40H,3-20,22-23H2,1-2H3,(H,32,38)(H,33,41)/t24-,25?,28-,29+,31+/m1/s1. The molecule has 5 N–H and O–H groups in total. The molecule has 12 heteroatoms. The Bertz CT molecular complexity index is 891. The van der Waals surface area contributed by atoms with Crippen LogP contribution in [0.3, 0.4) is 0 Å². The van der Waals surface area contributed by atoms with Gasteiger partial charge in [-0.25, -0.2) is 4.68 Å². The summed E-state index contributed by atoms with van der Waals surface area (Å²) in [5.74, 6) is 0.904. The highest BCUT2D eigenvalue weighted by atomic mass is 32.2. The maximum absolute atomic E-state index is 13.0. The molecule has 0 radical (unpaired) electrons. The lowest BCUT2D eigenvalue weighted by Gasteiger charge is -2.17. The molecule has 2 heterocycles. The fourth-order valence-corrected chi connectivity index (χ4v) is 6.15. The molecule has 0 bridgehead atoms. The van der Waals surface area contributed by atoms with Crippen LogP contribution < -0.4 is 10.6 Å². The van der Waals surface area contributed by atoms with Crippen molar-refractivity contribution in [2.45, 2.75) is 154 Å². The second-order valence-electron chi connectivity index (χ2n) is 11.7. The number of thioether (sulfide) groups is 1. The molecule has 1 aliphatic heterocycles. The number of anilines is 1. The zero-order valence-electron chi connectivity index (χ0n) is 26.4. The lowest BCUT2D eigenvalue weighted by molar-refractivity contribution is -0.126. The Balaban J connectivity index is 1.64. The van der Waals surface area contributed by atoms with Gasteiger partial charge in [0.1, 0.15) is 24.4 Å². The summed E-state index contributed by atoms with van der Waals surface area (Å²) < 4.78 is 6.64. The highest BCUT2D eigenvalue weighted by Gasteiger charge is 2.44. The summed E-state index contributed by atoms with van der Waals surface area (Å²) in [5.41, 5.74) is 0. The van der Waals surface area contributed by atoms with Gasteiger partial charge in [-0.1, -0.05) is 109 Å². The monoisotopic (exact) mass is 627 g/mol. The number of amides is 2. The fraction of sp³-hybridized carbons (Fsp3) is 0.871. The summed E-state index contributed by atoms with van der Waals surface area (Å²) >= 11 is 1.60. The molecule has 5 atom stereocenters. The van der Waals surface area contributed by atoms with Gasteiger partial charge in [-0.3, -0.25) is 9.59 Å². The van der Waals surface area contributed by atoms with Crippen molar-refractivity contribution in [3.8, 4) is 0 Å². The molecule has 248 valence electrons. The summed E-state index contributed by atoms with van der Waals surface area (Å²) in [7, 11) is 0. The van der Waals surface area contributed by atoms with Gasteiger partial charge in [0.2, 0.25) is 11.8 Å². The van der Waals surface area contributed by atoms with Crippen molar-refractivity contribution in [2.75, 3.05) is 23.4 Å². The van der Waals surface area contributed by atoms with E-state index in [-0.39, 0.29) is 11.7 Å². The first-order valence-corrected chi connectivity index (χ1v) is 17.8. The van der Waals surface area contributed by atoms with Gasteiger partial charge in [0, 0.05) is 12.2 Å². The van der Waals surface area contributed by atoms with E-state index >= 15 is 0 Å². The van der Waals surface area contributed by atoms with Gasteiger partial charge in [0.05, 0.1) is 12.8 Å². The minimum atomic E-state index is -1.31. The number of rotatable bonds is 25. The Hall–Kier alpha value is -1.73. The largest absolute Gasteiger partial charge is 0.394 e. The van der Waals surface area contributed by atoms with Crippen LogP contribution >= 0.6 is 11.8 Å². The minimum Gasteiger partial charge on any atom is -0.394 e. The lowest BCUT2D eigenvalue weighted by Crippen LogP contribution is -2.45. The maximum atomic E-state index is 13.0. The lowest BCUT2D eigenvalue weighted by atomic mass is 10.0. The van der Waals surface area contributed by atoms with Crippen LogP contribution in [0.2, 0.25) is 0 Å². The van der Waals surface area contributed by atoms with Gasteiger partial charge in [-0.05, 0) is 18.6 Å². The average Bonchev–Trinajstić information content (AvgIpc) is 3.57. The molecule has 1 unspecified atom stereocenters. The number of carbonyl (C=O) groups is 2. The quantitative estimate of drug-likeness (QED) is 0.0967. The zero-order chi connectivity index (χ0) is 31.3. The van der Waals surface area contributed by atoms with Gasteiger partial charge < -0.3 is 30.7 Å². The Morgan fingerprint density at radius 2 is 1.49 bits per heavy atom. The van der Waals surface area contributed by atoms with Gasteiger partial charge in [0.15, 0.2) is 12.0 Å². The van der Waals surface area contributed by atoms with Crippen LogP contribution in [0, 0.1) is 0 Å². The smallest absolute Gasteiger partial charge is 0.249 e. The number of unbranched alkanes of at least 4 members (excludes halogenated alkanes) is 14. The van der Waals surface area contributed by atoms with Crippen LogP contribution in [-0.2, 0) is 14.3 Å². The Kier molecular flexibility index (Phi) is 19.8. The molecular weight excluding hydrogens is 570 g/mol. The molecule has 1 fully saturated rings. The van der Waals surface area contributed by atoms with Gasteiger partial charge in [-0.2, -0.15) is 11.8 Å². The van der Waals surface area contributed by atoms with Crippen LogP contribution in [0.15, 0.2) is 6.20 Å². The molecule has 2 rings (SSSR count). The average molecular weight is 628 g/mol. The van der Waals surface area contributed by atoms with E-state index in [1.54, 1.807) is 11.8 Å². The summed E-state index contributed by atoms with van der Waals surface area (Å²) in [5, 5.41) is 42.8. The predicted molar refractivity (Wildman–Crippen MR) is 171 cm³/mol. The fourth-order valence-electron chi connectivity index (χ4n) is 5.22. The summed E-state index contributed by atoms with van der Waals surface area (Å²) in [4.78, 5) is 25.7. The van der Waals surface area contributed by atoms with E-state index in [0.29, 0.717) is 12.2 Å². The minimum absolute atomic E-state index is 0.130. The number of aliphatic hydroxyl groups is 3. The maximum Gasteiger partial charge on any atom is 0.249 e. The van der Waals surface area contributed by atoms with Crippen molar-refractivity contribution in [3.05, 3.63) is 6.20 Å². The molecule has 11 nitrogen and oxygen atoms in total. The summed E-state index contributed by atoms with van der Waals surface area (Å²) in [6.45, 7) is 3.87. The molecular formula is C31H57N5O6S. The molecule has 0 saturated carbocycles. The van der Waals surface area contributed by atoms with E-state index in [1.807, 2.05) is 0 Å². The van der Waals surface area contributed by atoms with Gasteiger partial charge in [-0.15, -0.1) is 5.10 Å². The highest BCUT2D eigenvalue weighted by molar-refractivity contribution is 7.99. The van der Waals surface area contributed by atoms with Crippen molar-refractivity contribution in [1.29, 1.82) is 0 Å². The molecule has 43 heavy (non-hydrogen) atoms. The van der Waals surface area contributed by atoms with Crippen molar-refractivity contribution in [2.24, 2.45) is 0 Å². The molecule has 1 saturated heterocycles. The SMILES string of the molecule is CCCCCCCCCCCCCCCCCC(=O)N[C@H](CSCCC)C(=O)Nc1cn([C@H]2OC(CO)[C@@H](O)[C@@H]2O)nn1. The number of ether oxygens (including phenoxy) is 1. The summed E-state index contributed by atoms with van der Waals surface area (Å²) in [6.07, 6.45) is 17.2. The molecule has 2 amide bonds. The van der Waals surface area contributed by atoms with Crippen molar-refractivity contribution in [1.82, 2.24) is 20.3 Å². The number of nitrogens with one attached hydrogen (secondary N) is 2.